The summed E-state index contributed by atoms with van der Waals surface area (Å²) in [6.45, 7) is 8.28. The molecule has 0 amide bonds. The highest BCUT2D eigenvalue weighted by Gasteiger charge is 2.10. The van der Waals surface area contributed by atoms with Gasteiger partial charge in [-0.25, -0.2) is 0 Å². The van der Waals surface area contributed by atoms with Gasteiger partial charge in [-0.3, -0.25) is 0 Å². The summed E-state index contributed by atoms with van der Waals surface area (Å²) in [5.41, 5.74) is 10.6. The van der Waals surface area contributed by atoms with Crippen molar-refractivity contribution < 1.29 is 4.74 Å². The molecule has 0 heterocycles. The lowest BCUT2D eigenvalue weighted by molar-refractivity contribution is 0.474. The zero-order valence-electron chi connectivity index (χ0n) is 13.0. The Kier molecular flexibility index (Phi) is 5.07. The van der Waals surface area contributed by atoms with Crippen molar-refractivity contribution in [2.45, 2.75) is 40.2 Å². The summed E-state index contributed by atoms with van der Waals surface area (Å²) in [5.74, 6) is 1.79. The third-order valence-corrected chi connectivity index (χ3v) is 4.40. The molecule has 0 fully saturated rings. The second-order valence-electron chi connectivity index (χ2n) is 5.69. The van der Waals surface area contributed by atoms with E-state index in [1.807, 2.05) is 19.1 Å². The number of ether oxygens (including phenoxy) is 1. The van der Waals surface area contributed by atoms with Gasteiger partial charge in [0.15, 0.2) is 0 Å². The quantitative estimate of drug-likeness (QED) is 0.839. The van der Waals surface area contributed by atoms with Crippen LogP contribution in [-0.2, 0) is 6.42 Å². The maximum absolute atomic E-state index is 6.10. The number of halogens is 1. The van der Waals surface area contributed by atoms with E-state index in [4.69, 9.17) is 10.5 Å². The van der Waals surface area contributed by atoms with Crippen LogP contribution in [0, 0.1) is 20.8 Å². The zero-order valence-corrected chi connectivity index (χ0v) is 14.6. The molecule has 2 N–H and O–H groups in total. The molecule has 112 valence electrons. The van der Waals surface area contributed by atoms with E-state index in [1.54, 1.807) is 0 Å². The summed E-state index contributed by atoms with van der Waals surface area (Å²) >= 11 is 3.60. The average Bonchev–Trinajstić information content (AvgIpc) is 2.42. The molecule has 0 radical (unpaired) electrons. The smallest absolute Gasteiger partial charge is 0.133 e. The molecule has 2 aromatic carbocycles. The van der Waals surface area contributed by atoms with Gasteiger partial charge in [0.1, 0.15) is 11.5 Å². The van der Waals surface area contributed by atoms with Crippen molar-refractivity contribution in [3.8, 4) is 11.5 Å². The van der Waals surface area contributed by atoms with Crippen LogP contribution in [0.4, 0.5) is 0 Å². The van der Waals surface area contributed by atoms with E-state index in [-0.39, 0.29) is 6.04 Å². The number of hydrogen-bond donors (Lipinski definition) is 1. The molecule has 0 bridgehead atoms. The number of nitrogens with two attached hydrogens (primary N) is 1. The Labute approximate surface area is 135 Å². The highest BCUT2D eigenvalue weighted by molar-refractivity contribution is 9.10. The van der Waals surface area contributed by atoms with Gasteiger partial charge in [-0.2, -0.15) is 0 Å². The Morgan fingerprint density at radius 1 is 1.10 bits per heavy atom. The van der Waals surface area contributed by atoms with Crippen molar-refractivity contribution >= 4 is 15.9 Å². The van der Waals surface area contributed by atoms with Crippen molar-refractivity contribution in [1.82, 2.24) is 0 Å². The molecule has 0 aromatic heterocycles. The molecular formula is C18H22BrNO. The maximum atomic E-state index is 6.10. The molecule has 0 saturated heterocycles. The molecule has 3 heteroatoms. The number of aryl methyl sites for hydroxylation is 2. The molecule has 2 rings (SSSR count). The molecule has 0 aliphatic carbocycles. The highest BCUT2D eigenvalue weighted by atomic mass is 79.9. The molecule has 2 aromatic rings. The number of hydrogen-bond acceptors (Lipinski definition) is 2. The van der Waals surface area contributed by atoms with Crippen LogP contribution in [-0.4, -0.2) is 6.04 Å². The highest BCUT2D eigenvalue weighted by Crippen LogP contribution is 2.32. The van der Waals surface area contributed by atoms with Gasteiger partial charge in [0.25, 0.3) is 0 Å². The average molecular weight is 348 g/mol. The van der Waals surface area contributed by atoms with E-state index in [1.165, 1.54) is 16.7 Å². The summed E-state index contributed by atoms with van der Waals surface area (Å²) < 4.78 is 7.14. The Morgan fingerprint density at radius 3 is 2.38 bits per heavy atom. The lowest BCUT2D eigenvalue weighted by atomic mass is 10.1. The van der Waals surface area contributed by atoms with E-state index in [9.17, 15) is 0 Å². The fourth-order valence-electron chi connectivity index (χ4n) is 2.30. The van der Waals surface area contributed by atoms with Crippen molar-refractivity contribution in [2.75, 3.05) is 0 Å². The minimum absolute atomic E-state index is 0.148. The van der Waals surface area contributed by atoms with Crippen molar-refractivity contribution in [3.63, 3.8) is 0 Å². The van der Waals surface area contributed by atoms with Gasteiger partial charge in [-0.15, -0.1) is 0 Å². The normalized spacial score (nSPS) is 12.3. The summed E-state index contributed by atoms with van der Waals surface area (Å²) in [7, 11) is 0. The monoisotopic (exact) mass is 347 g/mol. The Balaban J connectivity index is 2.29. The molecule has 0 spiro atoms. The Bertz CT molecular complexity index is 650. The summed E-state index contributed by atoms with van der Waals surface area (Å²) in [4.78, 5) is 0. The van der Waals surface area contributed by atoms with E-state index in [0.29, 0.717) is 0 Å². The molecular weight excluding hydrogens is 326 g/mol. The molecule has 2 nitrogen and oxygen atoms in total. The van der Waals surface area contributed by atoms with E-state index in [2.05, 4.69) is 54.9 Å². The largest absolute Gasteiger partial charge is 0.457 e. The van der Waals surface area contributed by atoms with E-state index >= 15 is 0 Å². The third kappa shape index (κ3) is 3.86. The standard InChI is InChI=1S/C18H22BrNO/c1-11-5-6-12(2)18(14(11)4)21-16-8-7-15(9-13(3)20)17(19)10-16/h5-8,10,13H,9,20H2,1-4H3. The van der Waals surface area contributed by atoms with Crippen LogP contribution in [0.15, 0.2) is 34.8 Å². The molecule has 0 aliphatic heterocycles. The fraction of sp³-hybridized carbons (Fsp3) is 0.333. The zero-order chi connectivity index (χ0) is 15.6. The minimum atomic E-state index is 0.148. The van der Waals surface area contributed by atoms with Gasteiger partial charge in [0.2, 0.25) is 0 Å². The lowest BCUT2D eigenvalue weighted by Gasteiger charge is -2.15. The van der Waals surface area contributed by atoms with E-state index in [0.717, 1.165) is 28.0 Å². The molecule has 1 atom stereocenters. The molecule has 0 saturated carbocycles. The predicted octanol–water partition coefficient (Wildman–Crippen LogP) is 5.06. The van der Waals surface area contributed by atoms with Gasteiger partial charge >= 0.3 is 0 Å². The Hall–Kier alpha value is -1.32. The maximum Gasteiger partial charge on any atom is 0.133 e. The van der Waals surface area contributed by atoms with Crippen LogP contribution in [0.5, 0.6) is 11.5 Å². The van der Waals surface area contributed by atoms with Crippen molar-refractivity contribution in [3.05, 3.63) is 57.1 Å². The summed E-state index contributed by atoms with van der Waals surface area (Å²) in [5, 5.41) is 0. The third-order valence-electron chi connectivity index (χ3n) is 3.66. The number of benzene rings is 2. The van der Waals surface area contributed by atoms with E-state index < -0.39 is 0 Å². The number of rotatable bonds is 4. The van der Waals surface area contributed by atoms with Crippen LogP contribution in [0.25, 0.3) is 0 Å². The van der Waals surface area contributed by atoms with Crippen LogP contribution >= 0.6 is 15.9 Å². The first-order valence-electron chi connectivity index (χ1n) is 7.17. The lowest BCUT2D eigenvalue weighted by Crippen LogP contribution is -2.17. The van der Waals surface area contributed by atoms with Crippen molar-refractivity contribution in [2.24, 2.45) is 5.73 Å². The molecule has 0 aliphatic rings. The predicted molar refractivity (Wildman–Crippen MR) is 92.2 cm³/mol. The van der Waals surface area contributed by atoms with Crippen LogP contribution in [0.2, 0.25) is 0 Å². The molecule has 1 unspecified atom stereocenters. The fourth-order valence-corrected chi connectivity index (χ4v) is 2.82. The topological polar surface area (TPSA) is 35.2 Å². The molecule has 21 heavy (non-hydrogen) atoms. The van der Waals surface area contributed by atoms with Crippen LogP contribution in [0.3, 0.4) is 0 Å². The SMILES string of the molecule is Cc1ccc(C)c(Oc2ccc(CC(C)N)c(Br)c2)c1C. The second-order valence-corrected chi connectivity index (χ2v) is 6.54. The van der Waals surface area contributed by atoms with Gasteiger partial charge in [-0.05, 0) is 68.5 Å². The Morgan fingerprint density at radius 2 is 1.76 bits per heavy atom. The van der Waals surface area contributed by atoms with Crippen LogP contribution in [0.1, 0.15) is 29.2 Å². The van der Waals surface area contributed by atoms with Crippen molar-refractivity contribution in [1.29, 1.82) is 0 Å². The first-order chi connectivity index (χ1) is 9.88. The van der Waals surface area contributed by atoms with Gasteiger partial charge in [-0.1, -0.05) is 34.1 Å². The summed E-state index contributed by atoms with van der Waals surface area (Å²) in [6.07, 6.45) is 0.851. The van der Waals surface area contributed by atoms with Crippen LogP contribution < -0.4 is 10.5 Å². The first kappa shape index (κ1) is 16.1. The minimum Gasteiger partial charge on any atom is -0.457 e. The summed E-state index contributed by atoms with van der Waals surface area (Å²) in [6, 6.07) is 10.5. The first-order valence-corrected chi connectivity index (χ1v) is 7.96. The second kappa shape index (κ2) is 6.63. The van der Waals surface area contributed by atoms with Gasteiger partial charge in [0, 0.05) is 10.5 Å². The van der Waals surface area contributed by atoms with Gasteiger partial charge < -0.3 is 10.5 Å². The van der Waals surface area contributed by atoms with Gasteiger partial charge in [0.05, 0.1) is 0 Å².